The average molecular weight is 325 g/mol. The molecule has 23 heavy (non-hydrogen) atoms. The van der Waals surface area contributed by atoms with Gasteiger partial charge in [-0.2, -0.15) is 0 Å². The number of aliphatic carboxylic acids is 1. The second kappa shape index (κ2) is 17.3. The minimum atomic E-state index is -0.681. The molecule has 1 atom stereocenters. The Bertz CT molecular complexity index is 321. The van der Waals surface area contributed by atoms with Crippen molar-refractivity contribution in [3.8, 4) is 0 Å². The second-order valence-corrected chi connectivity index (χ2v) is 6.28. The molecule has 0 aliphatic rings. The molecule has 0 amide bonds. The fourth-order valence-corrected chi connectivity index (χ4v) is 2.49. The summed E-state index contributed by atoms with van der Waals surface area (Å²) < 4.78 is 0. The topological polar surface area (TPSA) is 57.5 Å². The Morgan fingerprint density at radius 3 is 2.22 bits per heavy atom. The van der Waals surface area contributed by atoms with Crippen LogP contribution < -0.4 is 0 Å². The number of aliphatic hydroxyl groups is 1. The van der Waals surface area contributed by atoms with Crippen LogP contribution in [0.5, 0.6) is 0 Å². The second-order valence-electron chi connectivity index (χ2n) is 6.28. The van der Waals surface area contributed by atoms with E-state index < -0.39 is 5.97 Å². The van der Waals surface area contributed by atoms with Gasteiger partial charge in [-0.1, -0.05) is 82.6 Å². The zero-order chi connectivity index (χ0) is 17.2. The molecule has 0 saturated carbocycles. The van der Waals surface area contributed by atoms with Crippen LogP contribution in [0.25, 0.3) is 0 Å². The zero-order valence-electron chi connectivity index (χ0n) is 14.9. The molecule has 0 spiro atoms. The van der Waals surface area contributed by atoms with E-state index in [-0.39, 0.29) is 6.10 Å². The molecule has 0 aliphatic heterocycles. The Morgan fingerprint density at radius 1 is 0.913 bits per heavy atom. The molecule has 0 rings (SSSR count). The van der Waals surface area contributed by atoms with Gasteiger partial charge in [-0.25, -0.2) is 0 Å². The van der Waals surface area contributed by atoms with E-state index >= 15 is 0 Å². The molecule has 0 radical (unpaired) electrons. The molecule has 0 aromatic carbocycles. The summed E-state index contributed by atoms with van der Waals surface area (Å²) in [5.41, 5.74) is 0. The lowest BCUT2D eigenvalue weighted by Gasteiger charge is -2.03. The Labute approximate surface area is 142 Å². The number of aliphatic hydroxyl groups excluding tert-OH is 1. The number of carbonyl (C=O) groups is 1. The first kappa shape index (κ1) is 21.9. The Balaban J connectivity index is 3.32. The van der Waals surface area contributed by atoms with E-state index in [1.54, 1.807) is 0 Å². The van der Waals surface area contributed by atoms with Crippen molar-refractivity contribution in [3.05, 3.63) is 24.3 Å². The largest absolute Gasteiger partial charge is 0.481 e. The summed E-state index contributed by atoms with van der Waals surface area (Å²) in [5, 5.41) is 18.2. The van der Waals surface area contributed by atoms with Crippen molar-refractivity contribution in [1.29, 1.82) is 0 Å². The molecule has 134 valence electrons. The molecule has 0 fully saturated rings. The summed E-state index contributed by atoms with van der Waals surface area (Å²) in [4.78, 5) is 10.4. The molecule has 3 nitrogen and oxygen atoms in total. The van der Waals surface area contributed by atoms with Gasteiger partial charge in [-0.05, 0) is 25.7 Å². The number of unbranched alkanes of at least 4 members (excludes halogenated alkanes) is 9. The monoisotopic (exact) mass is 324 g/mol. The molecule has 0 aliphatic carbocycles. The smallest absolute Gasteiger partial charge is 0.303 e. The SMILES string of the molecule is CCCCC[C@H](O)C=CC=CCCCCCCCCCC(=O)O. The van der Waals surface area contributed by atoms with Gasteiger partial charge in [0.1, 0.15) is 0 Å². The number of carboxylic acids is 1. The Hall–Kier alpha value is -1.09. The Kier molecular flexibility index (Phi) is 16.4. The van der Waals surface area contributed by atoms with Gasteiger partial charge in [0.25, 0.3) is 0 Å². The number of rotatable bonds is 16. The average Bonchev–Trinajstić information content (AvgIpc) is 2.51. The highest BCUT2D eigenvalue weighted by atomic mass is 16.4. The van der Waals surface area contributed by atoms with E-state index in [2.05, 4.69) is 13.0 Å². The summed E-state index contributed by atoms with van der Waals surface area (Å²) >= 11 is 0. The van der Waals surface area contributed by atoms with Crippen LogP contribution in [0.3, 0.4) is 0 Å². The Morgan fingerprint density at radius 2 is 1.57 bits per heavy atom. The van der Waals surface area contributed by atoms with Gasteiger partial charge >= 0.3 is 5.97 Å². The highest BCUT2D eigenvalue weighted by Gasteiger charge is 1.97. The third kappa shape index (κ3) is 18.9. The first-order chi connectivity index (χ1) is 11.2. The molecule has 2 N–H and O–H groups in total. The number of allylic oxidation sites excluding steroid dienone is 3. The predicted octanol–water partition coefficient (Wildman–Crippen LogP) is 5.64. The standard InChI is InChI=1S/C20H36O3/c1-2-3-13-16-19(21)17-14-11-9-7-5-4-6-8-10-12-15-18-20(22)23/h9,11,14,17,19,21H,2-8,10,12-13,15-16,18H2,1H3,(H,22,23)/t19-/m0/s1. The van der Waals surface area contributed by atoms with Crippen molar-refractivity contribution in [3.63, 3.8) is 0 Å². The van der Waals surface area contributed by atoms with Crippen LogP contribution in [-0.4, -0.2) is 22.3 Å². The quantitative estimate of drug-likeness (QED) is 0.285. The normalized spacial score (nSPS) is 13.1. The van der Waals surface area contributed by atoms with Crippen molar-refractivity contribution in [2.24, 2.45) is 0 Å². The van der Waals surface area contributed by atoms with Gasteiger partial charge in [0.05, 0.1) is 6.10 Å². The number of hydrogen-bond acceptors (Lipinski definition) is 2. The van der Waals surface area contributed by atoms with Crippen molar-refractivity contribution in [2.45, 2.75) is 96.5 Å². The highest BCUT2D eigenvalue weighted by Crippen LogP contribution is 2.10. The molecule has 0 aromatic heterocycles. The van der Waals surface area contributed by atoms with E-state index in [1.807, 2.05) is 18.2 Å². The van der Waals surface area contributed by atoms with Gasteiger partial charge in [-0.15, -0.1) is 0 Å². The summed E-state index contributed by atoms with van der Waals surface area (Å²) in [6.07, 6.45) is 21.4. The van der Waals surface area contributed by atoms with Crippen molar-refractivity contribution < 1.29 is 15.0 Å². The zero-order valence-corrected chi connectivity index (χ0v) is 14.9. The van der Waals surface area contributed by atoms with Crippen LogP contribution >= 0.6 is 0 Å². The minimum Gasteiger partial charge on any atom is -0.481 e. The summed E-state index contributed by atoms with van der Waals surface area (Å²) in [6, 6.07) is 0. The maximum Gasteiger partial charge on any atom is 0.303 e. The molecule has 0 heterocycles. The lowest BCUT2D eigenvalue weighted by Crippen LogP contribution is -2.00. The van der Waals surface area contributed by atoms with Crippen molar-refractivity contribution in [2.75, 3.05) is 0 Å². The van der Waals surface area contributed by atoms with Crippen LogP contribution in [0.1, 0.15) is 90.4 Å². The highest BCUT2D eigenvalue weighted by molar-refractivity contribution is 5.66. The number of hydrogen-bond donors (Lipinski definition) is 2. The molecular formula is C20H36O3. The third-order valence-corrected chi connectivity index (χ3v) is 3.95. The summed E-state index contributed by atoms with van der Waals surface area (Å²) in [7, 11) is 0. The van der Waals surface area contributed by atoms with Crippen LogP contribution in [0.4, 0.5) is 0 Å². The van der Waals surface area contributed by atoms with Gasteiger partial charge < -0.3 is 10.2 Å². The lowest BCUT2D eigenvalue weighted by molar-refractivity contribution is -0.137. The first-order valence-electron chi connectivity index (χ1n) is 9.40. The maximum atomic E-state index is 10.4. The molecule has 0 unspecified atom stereocenters. The van der Waals surface area contributed by atoms with Crippen molar-refractivity contribution in [1.82, 2.24) is 0 Å². The van der Waals surface area contributed by atoms with Crippen LogP contribution in [0, 0.1) is 0 Å². The van der Waals surface area contributed by atoms with Gasteiger partial charge in [0.2, 0.25) is 0 Å². The predicted molar refractivity (Wildman–Crippen MR) is 97.6 cm³/mol. The molecule has 0 saturated heterocycles. The van der Waals surface area contributed by atoms with Crippen molar-refractivity contribution >= 4 is 5.97 Å². The summed E-state index contributed by atoms with van der Waals surface area (Å²) in [6.45, 7) is 2.17. The van der Waals surface area contributed by atoms with Crippen LogP contribution in [-0.2, 0) is 4.79 Å². The van der Waals surface area contributed by atoms with Gasteiger partial charge in [0, 0.05) is 6.42 Å². The first-order valence-corrected chi connectivity index (χ1v) is 9.40. The van der Waals surface area contributed by atoms with Gasteiger partial charge in [-0.3, -0.25) is 4.79 Å². The van der Waals surface area contributed by atoms with E-state index in [0.717, 1.165) is 38.5 Å². The fourth-order valence-electron chi connectivity index (χ4n) is 2.49. The van der Waals surface area contributed by atoms with Crippen LogP contribution in [0.15, 0.2) is 24.3 Å². The van der Waals surface area contributed by atoms with Gasteiger partial charge in [0.15, 0.2) is 0 Å². The van der Waals surface area contributed by atoms with Crippen LogP contribution in [0.2, 0.25) is 0 Å². The molecular weight excluding hydrogens is 288 g/mol. The summed E-state index contributed by atoms with van der Waals surface area (Å²) in [5.74, 6) is -0.681. The maximum absolute atomic E-state index is 10.4. The van der Waals surface area contributed by atoms with E-state index in [1.165, 1.54) is 38.5 Å². The van der Waals surface area contributed by atoms with E-state index in [4.69, 9.17) is 5.11 Å². The number of carboxylic acid groups (broad SMARTS) is 1. The van der Waals surface area contributed by atoms with E-state index in [9.17, 15) is 9.90 Å². The minimum absolute atomic E-state index is 0.299. The molecule has 0 aromatic rings. The van der Waals surface area contributed by atoms with E-state index in [0.29, 0.717) is 6.42 Å². The molecule has 0 bridgehead atoms. The molecule has 3 heteroatoms. The third-order valence-electron chi connectivity index (χ3n) is 3.95. The fraction of sp³-hybridized carbons (Fsp3) is 0.750. The lowest BCUT2D eigenvalue weighted by atomic mass is 10.1.